The van der Waals surface area contributed by atoms with Gasteiger partial charge in [-0.1, -0.05) is 30.0 Å². The number of hydrogen-bond donors (Lipinski definition) is 1. The molecule has 0 spiro atoms. The number of carbonyl (C=O) groups is 2. The first-order chi connectivity index (χ1) is 13.2. The van der Waals surface area contributed by atoms with E-state index in [0.717, 1.165) is 5.69 Å². The van der Waals surface area contributed by atoms with Crippen LogP contribution in [0.15, 0.2) is 53.5 Å². The largest absolute Gasteiger partial charge is 0.454 e. The minimum atomic E-state index is -0.516. The van der Waals surface area contributed by atoms with Crippen LogP contribution in [-0.4, -0.2) is 36.1 Å². The van der Waals surface area contributed by atoms with Gasteiger partial charge in [-0.3, -0.25) is 14.6 Å². The summed E-state index contributed by atoms with van der Waals surface area (Å²) < 4.78 is 10.7. The molecule has 27 heavy (non-hydrogen) atoms. The number of rotatable bonds is 3. The Hall–Kier alpha value is -3.00. The van der Waals surface area contributed by atoms with Crippen molar-refractivity contribution in [2.24, 2.45) is 4.99 Å². The summed E-state index contributed by atoms with van der Waals surface area (Å²) in [7, 11) is 1.64. The summed E-state index contributed by atoms with van der Waals surface area (Å²) in [5.41, 5.74) is 1.36. The Morgan fingerprint density at radius 3 is 2.70 bits per heavy atom. The van der Waals surface area contributed by atoms with Crippen molar-refractivity contribution in [2.45, 2.75) is 11.7 Å². The van der Waals surface area contributed by atoms with Crippen LogP contribution in [-0.2, 0) is 9.59 Å². The average molecular weight is 383 g/mol. The Labute approximate surface area is 160 Å². The second-order valence-electron chi connectivity index (χ2n) is 5.94. The Bertz CT molecular complexity index is 916. The van der Waals surface area contributed by atoms with Crippen LogP contribution in [0.4, 0.5) is 11.4 Å². The minimum Gasteiger partial charge on any atom is -0.454 e. The monoisotopic (exact) mass is 383 g/mol. The standard InChI is InChI=1S/C19H17N3O4S/c1-20-19(21-12-7-8-14-15(9-12)26-11-25-14)27-16-10-17(23)22(18(16)24)13-5-3-2-4-6-13/h2-9,16H,10-11H2,1H3,(H,20,21)/t16-/m0/s1. The smallest absolute Gasteiger partial charge is 0.247 e. The number of anilines is 2. The third kappa shape index (κ3) is 3.48. The lowest BCUT2D eigenvalue weighted by Gasteiger charge is -2.15. The summed E-state index contributed by atoms with van der Waals surface area (Å²) in [6, 6.07) is 14.4. The lowest BCUT2D eigenvalue weighted by molar-refractivity contribution is -0.121. The maximum Gasteiger partial charge on any atom is 0.247 e. The van der Waals surface area contributed by atoms with Gasteiger partial charge in [-0.05, 0) is 24.3 Å². The molecule has 0 aliphatic carbocycles. The number of benzene rings is 2. The van der Waals surface area contributed by atoms with E-state index in [1.165, 1.54) is 16.7 Å². The number of nitrogens with one attached hydrogen (secondary N) is 1. The molecule has 4 rings (SSSR count). The molecule has 2 aliphatic heterocycles. The van der Waals surface area contributed by atoms with Crippen molar-refractivity contribution in [1.29, 1.82) is 0 Å². The quantitative estimate of drug-likeness (QED) is 0.499. The van der Waals surface area contributed by atoms with Crippen molar-refractivity contribution < 1.29 is 19.1 Å². The number of imide groups is 1. The molecule has 0 unspecified atom stereocenters. The van der Waals surface area contributed by atoms with E-state index in [2.05, 4.69) is 10.3 Å². The van der Waals surface area contributed by atoms with E-state index in [9.17, 15) is 9.59 Å². The summed E-state index contributed by atoms with van der Waals surface area (Å²) >= 11 is 1.25. The molecule has 2 aliphatic rings. The molecule has 0 radical (unpaired) electrons. The van der Waals surface area contributed by atoms with E-state index in [-0.39, 0.29) is 25.0 Å². The highest BCUT2D eigenvalue weighted by molar-refractivity contribution is 8.15. The molecule has 2 heterocycles. The highest BCUT2D eigenvalue weighted by atomic mass is 32.2. The van der Waals surface area contributed by atoms with E-state index in [0.29, 0.717) is 22.4 Å². The van der Waals surface area contributed by atoms with E-state index in [1.54, 1.807) is 31.3 Å². The van der Waals surface area contributed by atoms with E-state index in [4.69, 9.17) is 9.47 Å². The van der Waals surface area contributed by atoms with Gasteiger partial charge in [-0.25, -0.2) is 4.90 Å². The fourth-order valence-corrected chi connectivity index (χ4v) is 3.90. The molecule has 7 nitrogen and oxygen atoms in total. The Morgan fingerprint density at radius 1 is 1.15 bits per heavy atom. The van der Waals surface area contributed by atoms with Gasteiger partial charge in [0.2, 0.25) is 18.6 Å². The van der Waals surface area contributed by atoms with E-state index >= 15 is 0 Å². The predicted octanol–water partition coefficient (Wildman–Crippen LogP) is 2.88. The summed E-state index contributed by atoms with van der Waals surface area (Å²) in [6.45, 7) is 0.205. The van der Waals surface area contributed by atoms with Crippen molar-refractivity contribution in [3.63, 3.8) is 0 Å². The Balaban J connectivity index is 1.46. The Kier molecular flexibility index (Phi) is 4.72. The third-order valence-corrected chi connectivity index (χ3v) is 5.36. The van der Waals surface area contributed by atoms with Crippen LogP contribution >= 0.6 is 11.8 Å². The molecule has 0 saturated carbocycles. The fraction of sp³-hybridized carbons (Fsp3) is 0.211. The number of hydrogen-bond acceptors (Lipinski definition) is 6. The highest BCUT2D eigenvalue weighted by Crippen LogP contribution is 2.35. The number of para-hydroxylation sites is 1. The summed E-state index contributed by atoms with van der Waals surface area (Å²) in [5, 5.41) is 3.21. The van der Waals surface area contributed by atoms with Gasteiger partial charge in [0.1, 0.15) is 5.25 Å². The first kappa shape index (κ1) is 17.4. The number of nitrogens with zero attached hydrogens (tertiary/aromatic N) is 2. The molecule has 0 bridgehead atoms. The van der Waals surface area contributed by atoms with E-state index in [1.807, 2.05) is 24.3 Å². The number of thioether (sulfide) groups is 1. The van der Waals surface area contributed by atoms with Gasteiger partial charge in [0, 0.05) is 25.2 Å². The zero-order chi connectivity index (χ0) is 18.8. The fourth-order valence-electron chi connectivity index (χ4n) is 2.92. The topological polar surface area (TPSA) is 80.2 Å². The molecular weight excluding hydrogens is 366 g/mol. The average Bonchev–Trinajstić information content (AvgIpc) is 3.25. The number of fused-ring (bicyclic) bond motifs is 1. The number of carbonyl (C=O) groups excluding carboxylic acids is 2. The van der Waals surface area contributed by atoms with Gasteiger partial charge in [-0.15, -0.1) is 0 Å². The minimum absolute atomic E-state index is 0.139. The summed E-state index contributed by atoms with van der Waals surface area (Å²) in [6.07, 6.45) is 0.139. The van der Waals surface area contributed by atoms with E-state index < -0.39 is 5.25 Å². The molecule has 0 aromatic heterocycles. The molecule has 2 aromatic rings. The van der Waals surface area contributed by atoms with Crippen molar-refractivity contribution in [2.75, 3.05) is 24.1 Å². The highest BCUT2D eigenvalue weighted by Gasteiger charge is 2.40. The van der Waals surface area contributed by atoms with Gasteiger partial charge in [0.25, 0.3) is 0 Å². The number of amidine groups is 1. The predicted molar refractivity (Wildman–Crippen MR) is 104 cm³/mol. The SMILES string of the molecule is CN=C(Nc1ccc2c(c1)OCO2)S[C@H]1CC(=O)N(c2ccccc2)C1=O. The maximum atomic E-state index is 12.7. The number of aliphatic imine (C=N–C) groups is 1. The van der Waals surface area contributed by atoms with Crippen molar-refractivity contribution in [3.05, 3.63) is 48.5 Å². The van der Waals surface area contributed by atoms with Crippen LogP contribution in [0.2, 0.25) is 0 Å². The summed E-state index contributed by atoms with van der Waals surface area (Å²) in [5.74, 6) is 0.910. The lowest BCUT2D eigenvalue weighted by Crippen LogP contribution is -2.31. The third-order valence-electron chi connectivity index (χ3n) is 4.20. The summed E-state index contributed by atoms with van der Waals surface area (Å²) in [4.78, 5) is 30.5. The van der Waals surface area contributed by atoms with Gasteiger partial charge in [-0.2, -0.15) is 0 Å². The molecule has 138 valence electrons. The molecule has 1 fully saturated rings. The van der Waals surface area contributed by atoms with Gasteiger partial charge >= 0.3 is 0 Å². The first-order valence-corrected chi connectivity index (χ1v) is 9.25. The lowest BCUT2D eigenvalue weighted by atomic mass is 10.3. The molecule has 1 saturated heterocycles. The second-order valence-corrected chi connectivity index (χ2v) is 7.13. The molecule has 1 N–H and O–H groups in total. The van der Waals surface area contributed by atoms with Crippen LogP contribution in [0.25, 0.3) is 0 Å². The van der Waals surface area contributed by atoms with Crippen LogP contribution in [0.3, 0.4) is 0 Å². The number of ether oxygens (including phenoxy) is 2. The van der Waals surface area contributed by atoms with Crippen LogP contribution < -0.4 is 19.7 Å². The maximum absolute atomic E-state index is 12.7. The van der Waals surface area contributed by atoms with Gasteiger partial charge < -0.3 is 14.8 Å². The zero-order valence-corrected chi connectivity index (χ0v) is 15.4. The molecular formula is C19H17N3O4S. The molecule has 2 amide bonds. The van der Waals surface area contributed by atoms with Crippen LogP contribution in [0, 0.1) is 0 Å². The molecule has 2 aromatic carbocycles. The molecule has 1 atom stereocenters. The molecule has 8 heteroatoms. The van der Waals surface area contributed by atoms with Crippen molar-refractivity contribution in [1.82, 2.24) is 0 Å². The normalized spacial score (nSPS) is 18.9. The van der Waals surface area contributed by atoms with Crippen LogP contribution in [0.1, 0.15) is 6.42 Å². The van der Waals surface area contributed by atoms with Gasteiger partial charge in [0.05, 0.1) is 5.69 Å². The second kappa shape index (κ2) is 7.32. The van der Waals surface area contributed by atoms with Crippen LogP contribution in [0.5, 0.6) is 11.5 Å². The first-order valence-electron chi connectivity index (χ1n) is 8.37. The zero-order valence-electron chi connectivity index (χ0n) is 14.5. The van der Waals surface area contributed by atoms with Crippen molar-refractivity contribution in [3.8, 4) is 11.5 Å². The Morgan fingerprint density at radius 2 is 1.93 bits per heavy atom. The number of amides is 2. The van der Waals surface area contributed by atoms with Crippen molar-refractivity contribution >= 4 is 40.1 Å². The van der Waals surface area contributed by atoms with Gasteiger partial charge in [0.15, 0.2) is 16.7 Å².